The average molecular weight is 616 g/mol. The molecule has 0 amide bonds. The number of rotatable bonds is 0. The smallest absolute Gasteiger partial charge is 0.356 e. The van der Waals surface area contributed by atoms with Crippen LogP contribution < -0.4 is 0 Å². The molecule has 148 valence electrons. The van der Waals surface area contributed by atoms with Crippen molar-refractivity contribution in [1.29, 1.82) is 0 Å². The van der Waals surface area contributed by atoms with E-state index in [1.165, 1.54) is 0 Å². The van der Waals surface area contributed by atoms with Crippen LogP contribution >= 0.6 is 0 Å². The molecule has 0 unspecified atom stereocenters. The first-order valence-electron chi connectivity index (χ1n) is 3.29. The Labute approximate surface area is 171 Å². The molecule has 0 saturated carbocycles. The van der Waals surface area contributed by atoms with E-state index in [1.54, 1.807) is 0 Å². The summed E-state index contributed by atoms with van der Waals surface area (Å²) in [6, 6.07) is 0. The molecule has 0 N–H and O–H groups in total. The van der Waals surface area contributed by atoms with Gasteiger partial charge < -0.3 is 91.9 Å². The topological polar surface area (TPSA) is 397 Å². The molecule has 0 aliphatic rings. The van der Waals surface area contributed by atoms with Crippen LogP contribution in [0.2, 0.25) is 0 Å². The minimum absolute atomic E-state index is 0. The Hall–Kier alpha value is -3.16. The van der Waals surface area contributed by atoms with Gasteiger partial charge in [0.05, 0.1) is 30.5 Å². The van der Waals surface area contributed by atoms with Gasteiger partial charge in [0.15, 0.2) is 0 Å². The Morgan fingerprint density at radius 3 is 0.269 bits per heavy atom. The Balaban J connectivity index is -0.0000000245. The molecule has 0 spiro atoms. The van der Waals surface area contributed by atoms with Crippen LogP contribution in [-0.4, -0.2) is 79.4 Å². The van der Waals surface area contributed by atoms with Crippen molar-refractivity contribution < 1.29 is 30.5 Å². The standard InChI is InChI=1S/6NO3.2Sb/c6*2-1(3)4;;/q6*-1;2*+3. The van der Waals surface area contributed by atoms with Crippen molar-refractivity contribution in [1.82, 2.24) is 0 Å². The van der Waals surface area contributed by atoms with Crippen molar-refractivity contribution in [3.63, 3.8) is 0 Å². The normalized spacial score (nSPS) is 5.54. The van der Waals surface area contributed by atoms with E-state index in [2.05, 4.69) is 0 Å². The molecule has 0 aliphatic carbocycles. The van der Waals surface area contributed by atoms with E-state index < -0.39 is 30.5 Å². The monoisotopic (exact) mass is 614 g/mol. The minimum Gasteiger partial charge on any atom is -0.356 e. The molecule has 0 heterocycles. The van der Waals surface area contributed by atoms with Gasteiger partial charge in [-0.25, -0.2) is 0 Å². The third-order valence-electron chi connectivity index (χ3n) is 0. The van der Waals surface area contributed by atoms with Crippen molar-refractivity contribution >= 4 is 48.9 Å². The fraction of sp³-hybridized carbons (Fsp3) is 0. The largest absolute Gasteiger partial charge is 3.00 e. The van der Waals surface area contributed by atoms with Gasteiger partial charge in [-0.3, -0.25) is 0 Å². The average Bonchev–Trinajstić information content (AvgIpc) is 2.08. The molecule has 4 radical (unpaired) electrons. The van der Waals surface area contributed by atoms with E-state index >= 15 is 0 Å². The second-order valence-electron chi connectivity index (χ2n) is 1.34. The van der Waals surface area contributed by atoms with Crippen LogP contribution in [0.15, 0.2) is 0 Å². The maximum atomic E-state index is 8.25. The van der Waals surface area contributed by atoms with Gasteiger partial charge in [0, 0.05) is 0 Å². The Bertz CT molecular complexity index is 261. The maximum absolute atomic E-state index is 8.25. The van der Waals surface area contributed by atoms with Crippen molar-refractivity contribution in [2.45, 2.75) is 0 Å². The van der Waals surface area contributed by atoms with Crippen LogP contribution in [0, 0.1) is 91.9 Å². The molecule has 0 saturated heterocycles. The summed E-state index contributed by atoms with van der Waals surface area (Å²) in [4.78, 5) is 49.5. The molecule has 24 nitrogen and oxygen atoms in total. The van der Waals surface area contributed by atoms with E-state index in [4.69, 9.17) is 91.9 Å². The van der Waals surface area contributed by atoms with Crippen LogP contribution in [0.1, 0.15) is 0 Å². The molecular weight excluding hydrogens is 616 g/mol. The molecule has 0 fully saturated rings. The molecule has 0 aromatic heterocycles. The maximum Gasteiger partial charge on any atom is 3.00 e. The number of hydrogen-bond acceptors (Lipinski definition) is 18. The predicted octanol–water partition coefficient (Wildman–Crippen LogP) is -2.20. The summed E-state index contributed by atoms with van der Waals surface area (Å²) in [5.41, 5.74) is 0. The summed E-state index contributed by atoms with van der Waals surface area (Å²) in [5.74, 6) is 0. The van der Waals surface area contributed by atoms with Crippen LogP contribution in [0.5, 0.6) is 0 Å². The van der Waals surface area contributed by atoms with Crippen LogP contribution in [0.3, 0.4) is 0 Å². The molecule has 0 bridgehead atoms. The molecule has 26 heteroatoms. The van der Waals surface area contributed by atoms with E-state index in [-0.39, 0.29) is 48.9 Å². The first kappa shape index (κ1) is 49.5. The fourth-order valence-electron chi connectivity index (χ4n) is 0. The molecule has 26 heavy (non-hydrogen) atoms. The summed E-state index contributed by atoms with van der Waals surface area (Å²) in [6.45, 7) is 0. The van der Waals surface area contributed by atoms with Crippen molar-refractivity contribution in [3.8, 4) is 0 Å². The molecule has 0 aliphatic heterocycles. The molecule has 0 atom stereocenters. The Morgan fingerprint density at radius 1 is 0.269 bits per heavy atom. The van der Waals surface area contributed by atoms with E-state index in [9.17, 15) is 0 Å². The summed E-state index contributed by atoms with van der Waals surface area (Å²) < 4.78 is 0. The second-order valence-corrected chi connectivity index (χ2v) is 1.34. The first-order valence-corrected chi connectivity index (χ1v) is 3.29. The Morgan fingerprint density at radius 2 is 0.269 bits per heavy atom. The van der Waals surface area contributed by atoms with E-state index in [1.807, 2.05) is 0 Å². The van der Waals surface area contributed by atoms with Crippen molar-refractivity contribution in [2.24, 2.45) is 0 Å². The van der Waals surface area contributed by atoms with Gasteiger partial charge in [-0.1, -0.05) is 0 Å². The van der Waals surface area contributed by atoms with Gasteiger partial charge in [0.2, 0.25) is 0 Å². The van der Waals surface area contributed by atoms with E-state index in [0.717, 1.165) is 0 Å². The fourth-order valence-corrected chi connectivity index (χ4v) is 0. The molecule has 0 rings (SSSR count). The Kier molecular flexibility index (Phi) is 81.9. The van der Waals surface area contributed by atoms with E-state index in [0.29, 0.717) is 0 Å². The molecule has 0 aromatic carbocycles. The van der Waals surface area contributed by atoms with Gasteiger partial charge in [-0.15, -0.1) is 0 Å². The van der Waals surface area contributed by atoms with Gasteiger partial charge >= 0.3 is 48.9 Å². The van der Waals surface area contributed by atoms with Crippen molar-refractivity contribution in [3.05, 3.63) is 91.9 Å². The third-order valence-corrected chi connectivity index (χ3v) is 0. The first-order chi connectivity index (χ1) is 10.4. The summed E-state index contributed by atoms with van der Waals surface area (Å²) in [6.07, 6.45) is 0. The third kappa shape index (κ3) is 819. The van der Waals surface area contributed by atoms with Crippen LogP contribution in [-0.2, 0) is 0 Å². The van der Waals surface area contributed by atoms with Crippen LogP contribution in [0.25, 0.3) is 0 Å². The summed E-state index contributed by atoms with van der Waals surface area (Å²) in [7, 11) is 0. The van der Waals surface area contributed by atoms with Gasteiger partial charge in [-0.2, -0.15) is 0 Å². The number of hydrogen-bond donors (Lipinski definition) is 0. The van der Waals surface area contributed by atoms with Gasteiger partial charge in [0.1, 0.15) is 0 Å². The number of nitrogens with zero attached hydrogens (tertiary/aromatic N) is 6. The zero-order valence-electron chi connectivity index (χ0n) is 10.9. The zero-order valence-corrected chi connectivity index (χ0v) is 16.0. The molecular formula is N6O18Sb2. The van der Waals surface area contributed by atoms with Crippen LogP contribution in [0.4, 0.5) is 0 Å². The van der Waals surface area contributed by atoms with Gasteiger partial charge in [0.25, 0.3) is 0 Å². The predicted molar refractivity (Wildman–Crippen MR) is 73.7 cm³/mol. The minimum atomic E-state index is -1.75. The van der Waals surface area contributed by atoms with Crippen molar-refractivity contribution in [2.75, 3.05) is 0 Å². The zero-order chi connectivity index (χ0) is 21.5. The SMILES string of the molecule is O=[N+]([O-])[O-].O=[N+]([O-])[O-].O=[N+]([O-])[O-].O=[N+]([O-])[O-].O=[N+]([O-])[O-].O=[N+]([O-])[O-].[Sb+3].[Sb+3]. The molecule has 0 aromatic rings. The quantitative estimate of drug-likeness (QED) is 0.158. The van der Waals surface area contributed by atoms with Gasteiger partial charge in [-0.05, 0) is 0 Å². The second kappa shape index (κ2) is 43.1. The summed E-state index contributed by atoms with van der Waals surface area (Å²) in [5, 5.41) is 88.5. The summed E-state index contributed by atoms with van der Waals surface area (Å²) >= 11 is 0.